The average Bonchev–Trinajstić information content (AvgIpc) is 2.54. The molecule has 0 unspecified atom stereocenters. The number of furan rings is 1. The monoisotopic (exact) mass is 163 g/mol. The van der Waals surface area contributed by atoms with Crippen LogP contribution in [0.2, 0.25) is 0 Å². The van der Waals surface area contributed by atoms with E-state index in [0.29, 0.717) is 11.3 Å². The second-order valence-electron chi connectivity index (χ2n) is 2.66. The summed E-state index contributed by atoms with van der Waals surface area (Å²) in [6.07, 6.45) is 1.63. The summed E-state index contributed by atoms with van der Waals surface area (Å²) in [5.41, 5.74) is 1.86. The molecule has 2 aromatic rings. The molecular weight excluding hydrogens is 154 g/mol. The smallest absolute Gasteiger partial charge is 0.189 e. The summed E-state index contributed by atoms with van der Waals surface area (Å²) in [6, 6.07) is 5.63. The van der Waals surface area contributed by atoms with Gasteiger partial charge in [0.15, 0.2) is 11.3 Å². The van der Waals surface area contributed by atoms with E-state index in [1.807, 2.05) is 19.1 Å². The Bertz CT molecular complexity index is 406. The fourth-order valence-electron chi connectivity index (χ4n) is 1.27. The molecule has 12 heavy (non-hydrogen) atoms. The summed E-state index contributed by atoms with van der Waals surface area (Å²) >= 11 is 0. The van der Waals surface area contributed by atoms with Gasteiger partial charge >= 0.3 is 0 Å². The first-order valence-electron chi connectivity index (χ1n) is 3.66. The molecule has 3 nitrogen and oxygen atoms in total. The van der Waals surface area contributed by atoms with Crippen LogP contribution in [0, 0.1) is 6.92 Å². The molecule has 0 saturated heterocycles. The lowest BCUT2D eigenvalue weighted by Gasteiger charge is -2.00. The van der Waals surface area contributed by atoms with E-state index in [4.69, 9.17) is 10.3 Å². The van der Waals surface area contributed by atoms with Crippen molar-refractivity contribution in [3.63, 3.8) is 0 Å². The van der Waals surface area contributed by atoms with Crippen LogP contribution in [0.3, 0.4) is 0 Å². The van der Waals surface area contributed by atoms with Gasteiger partial charge in [0.1, 0.15) is 0 Å². The second-order valence-corrected chi connectivity index (χ2v) is 2.66. The van der Waals surface area contributed by atoms with Crippen LogP contribution >= 0.6 is 0 Å². The van der Waals surface area contributed by atoms with Crippen LogP contribution in [0.25, 0.3) is 11.0 Å². The predicted molar refractivity (Wildman–Crippen MR) is 45.8 cm³/mol. The molecule has 0 aliphatic heterocycles. The Morgan fingerprint density at radius 3 is 2.92 bits per heavy atom. The van der Waals surface area contributed by atoms with Gasteiger partial charge in [-0.2, -0.15) is 5.90 Å². The van der Waals surface area contributed by atoms with Crippen LogP contribution in [0.4, 0.5) is 0 Å². The van der Waals surface area contributed by atoms with Crippen molar-refractivity contribution >= 4 is 11.0 Å². The Kier molecular flexibility index (Phi) is 1.52. The van der Waals surface area contributed by atoms with Crippen LogP contribution in [-0.4, -0.2) is 0 Å². The van der Waals surface area contributed by atoms with E-state index in [0.717, 1.165) is 10.9 Å². The van der Waals surface area contributed by atoms with Crippen LogP contribution in [0.1, 0.15) is 5.56 Å². The summed E-state index contributed by atoms with van der Waals surface area (Å²) in [5.74, 6) is 5.64. The molecular formula is C9H9NO2. The standard InChI is InChI=1S/C9H9NO2/c1-6-2-3-8(12-10)9-7(6)4-5-11-9/h2-5H,10H2,1H3. The first-order chi connectivity index (χ1) is 5.83. The average molecular weight is 163 g/mol. The van der Waals surface area contributed by atoms with E-state index in [-0.39, 0.29) is 0 Å². The van der Waals surface area contributed by atoms with Gasteiger partial charge in [0.25, 0.3) is 0 Å². The van der Waals surface area contributed by atoms with Gasteiger partial charge in [-0.15, -0.1) is 0 Å². The van der Waals surface area contributed by atoms with E-state index in [1.54, 1.807) is 12.3 Å². The minimum Gasteiger partial charge on any atom is -0.460 e. The molecule has 62 valence electrons. The molecule has 2 rings (SSSR count). The minimum absolute atomic E-state index is 0.570. The third-order valence-electron chi connectivity index (χ3n) is 1.93. The number of benzene rings is 1. The van der Waals surface area contributed by atoms with E-state index >= 15 is 0 Å². The molecule has 0 radical (unpaired) electrons. The maximum absolute atomic E-state index is 5.22. The Labute approximate surface area is 69.7 Å². The molecule has 0 amide bonds. The zero-order chi connectivity index (χ0) is 8.55. The van der Waals surface area contributed by atoms with Crippen molar-refractivity contribution in [1.82, 2.24) is 0 Å². The molecule has 1 aromatic heterocycles. The number of aryl methyl sites for hydroxylation is 1. The molecule has 0 aliphatic carbocycles. The highest BCUT2D eigenvalue weighted by molar-refractivity contribution is 5.85. The minimum atomic E-state index is 0.570. The zero-order valence-electron chi connectivity index (χ0n) is 6.70. The van der Waals surface area contributed by atoms with Crippen LogP contribution in [0.5, 0.6) is 5.75 Å². The quantitative estimate of drug-likeness (QED) is 0.654. The SMILES string of the molecule is Cc1ccc(ON)c2occc12. The lowest BCUT2D eigenvalue weighted by molar-refractivity contribution is 0.333. The van der Waals surface area contributed by atoms with Gasteiger partial charge in [-0.3, -0.25) is 0 Å². The summed E-state index contributed by atoms with van der Waals surface area (Å²) in [6.45, 7) is 2.01. The number of hydrogen-bond acceptors (Lipinski definition) is 3. The molecule has 0 fully saturated rings. The molecule has 3 heteroatoms. The fraction of sp³-hybridized carbons (Fsp3) is 0.111. The van der Waals surface area contributed by atoms with Crippen molar-refractivity contribution < 1.29 is 9.25 Å². The topological polar surface area (TPSA) is 48.4 Å². The Hall–Kier alpha value is -1.48. The van der Waals surface area contributed by atoms with E-state index in [9.17, 15) is 0 Å². The maximum atomic E-state index is 5.22. The third kappa shape index (κ3) is 0.871. The van der Waals surface area contributed by atoms with Crippen molar-refractivity contribution in [3.8, 4) is 5.75 Å². The fourth-order valence-corrected chi connectivity index (χ4v) is 1.27. The number of nitrogens with two attached hydrogens (primary N) is 1. The summed E-state index contributed by atoms with van der Waals surface area (Å²) < 4.78 is 5.22. The predicted octanol–water partition coefficient (Wildman–Crippen LogP) is 1.99. The maximum Gasteiger partial charge on any atom is 0.189 e. The van der Waals surface area contributed by atoms with E-state index in [2.05, 4.69) is 4.84 Å². The van der Waals surface area contributed by atoms with Crippen LogP contribution in [0.15, 0.2) is 28.9 Å². The van der Waals surface area contributed by atoms with Gasteiger partial charge in [-0.25, -0.2) is 0 Å². The first-order valence-corrected chi connectivity index (χ1v) is 3.66. The highest BCUT2D eigenvalue weighted by Crippen LogP contribution is 2.28. The van der Waals surface area contributed by atoms with E-state index in [1.165, 1.54) is 0 Å². The number of rotatable bonds is 1. The van der Waals surface area contributed by atoms with Crippen molar-refractivity contribution in [2.45, 2.75) is 6.92 Å². The summed E-state index contributed by atoms with van der Waals surface area (Å²) in [7, 11) is 0. The Balaban J connectivity index is 2.82. The van der Waals surface area contributed by atoms with Gasteiger partial charge in [0.2, 0.25) is 0 Å². The normalized spacial score (nSPS) is 10.5. The first kappa shape index (κ1) is 7.18. The second kappa shape index (κ2) is 2.53. The zero-order valence-corrected chi connectivity index (χ0v) is 6.70. The highest BCUT2D eigenvalue weighted by atomic mass is 16.6. The molecule has 0 bridgehead atoms. The van der Waals surface area contributed by atoms with E-state index < -0.39 is 0 Å². The third-order valence-corrected chi connectivity index (χ3v) is 1.93. The number of hydrogen-bond donors (Lipinski definition) is 1. The van der Waals surface area contributed by atoms with Gasteiger partial charge < -0.3 is 9.25 Å². The molecule has 0 spiro atoms. The molecule has 2 N–H and O–H groups in total. The van der Waals surface area contributed by atoms with Gasteiger partial charge in [0.05, 0.1) is 6.26 Å². The molecule has 1 heterocycles. The van der Waals surface area contributed by atoms with Crippen LogP contribution < -0.4 is 10.7 Å². The van der Waals surface area contributed by atoms with Crippen LogP contribution in [-0.2, 0) is 0 Å². The Morgan fingerprint density at radius 1 is 1.33 bits per heavy atom. The lowest BCUT2D eigenvalue weighted by Crippen LogP contribution is -2.01. The van der Waals surface area contributed by atoms with Gasteiger partial charge in [0, 0.05) is 5.39 Å². The number of fused-ring (bicyclic) bond motifs is 1. The Morgan fingerprint density at radius 2 is 2.17 bits per heavy atom. The highest BCUT2D eigenvalue weighted by Gasteiger charge is 2.06. The van der Waals surface area contributed by atoms with Crippen molar-refractivity contribution in [2.24, 2.45) is 5.90 Å². The summed E-state index contributed by atoms with van der Waals surface area (Å²) in [5, 5.41) is 1.04. The molecule has 0 atom stereocenters. The largest absolute Gasteiger partial charge is 0.460 e. The van der Waals surface area contributed by atoms with Crippen molar-refractivity contribution in [2.75, 3.05) is 0 Å². The van der Waals surface area contributed by atoms with Gasteiger partial charge in [-0.05, 0) is 24.6 Å². The molecule has 0 saturated carbocycles. The molecule has 1 aromatic carbocycles. The summed E-state index contributed by atoms with van der Waals surface area (Å²) in [4.78, 5) is 4.65. The van der Waals surface area contributed by atoms with Gasteiger partial charge in [-0.1, -0.05) is 6.07 Å². The lowest BCUT2D eigenvalue weighted by atomic mass is 10.1. The molecule has 0 aliphatic rings. The van der Waals surface area contributed by atoms with Crippen molar-refractivity contribution in [1.29, 1.82) is 0 Å². The van der Waals surface area contributed by atoms with Crippen molar-refractivity contribution in [3.05, 3.63) is 30.0 Å².